The fraction of sp³-hybridized carbons (Fsp3) is 0.562. The van der Waals surface area contributed by atoms with Crippen LogP contribution in [0, 0.1) is 0 Å². The predicted octanol–water partition coefficient (Wildman–Crippen LogP) is 2.05. The molecular weight excluding hydrogens is 252 g/mol. The minimum absolute atomic E-state index is 0.00572. The Morgan fingerprint density at radius 3 is 2.60 bits per heavy atom. The van der Waals surface area contributed by atoms with Gasteiger partial charge in [-0.1, -0.05) is 12.1 Å². The predicted molar refractivity (Wildman–Crippen MR) is 79.8 cm³/mol. The Bertz CT molecular complexity index is 411. The first-order valence-corrected chi connectivity index (χ1v) is 7.38. The second-order valence-corrected chi connectivity index (χ2v) is 5.28. The van der Waals surface area contributed by atoms with Gasteiger partial charge in [0.15, 0.2) is 0 Å². The van der Waals surface area contributed by atoms with Crippen LogP contribution in [0.3, 0.4) is 0 Å². The first-order valence-electron chi connectivity index (χ1n) is 7.38. The number of hydrogen-bond donors (Lipinski definition) is 1. The summed E-state index contributed by atoms with van der Waals surface area (Å²) < 4.78 is 4.95. The number of carbonyl (C=O) groups is 1. The Labute approximate surface area is 121 Å². The summed E-state index contributed by atoms with van der Waals surface area (Å²) in [6, 6.07) is 7.94. The maximum atomic E-state index is 11.9. The zero-order chi connectivity index (χ0) is 14.2. The third-order valence-corrected chi connectivity index (χ3v) is 3.63. The van der Waals surface area contributed by atoms with Gasteiger partial charge in [0, 0.05) is 32.4 Å². The average molecular weight is 276 g/mol. The molecule has 1 saturated heterocycles. The summed E-state index contributed by atoms with van der Waals surface area (Å²) in [5.74, 6) is -0.00572. The molecule has 0 aliphatic carbocycles. The summed E-state index contributed by atoms with van der Waals surface area (Å²) in [6.07, 6.45) is 3.46. The van der Waals surface area contributed by atoms with Crippen molar-refractivity contribution in [1.29, 1.82) is 0 Å². The molecule has 0 aromatic heterocycles. The molecule has 4 heteroatoms. The monoisotopic (exact) mass is 276 g/mol. The van der Waals surface area contributed by atoms with E-state index < -0.39 is 0 Å². The lowest BCUT2D eigenvalue weighted by atomic mass is 10.1. The van der Waals surface area contributed by atoms with E-state index in [2.05, 4.69) is 22.3 Å². The summed E-state index contributed by atoms with van der Waals surface area (Å²) in [7, 11) is 1.67. The highest BCUT2D eigenvalue weighted by atomic mass is 16.5. The van der Waals surface area contributed by atoms with Gasteiger partial charge >= 0.3 is 0 Å². The van der Waals surface area contributed by atoms with E-state index in [0.29, 0.717) is 13.2 Å². The molecule has 1 heterocycles. The molecule has 1 aromatic carbocycles. The highest BCUT2D eigenvalue weighted by Crippen LogP contribution is 2.13. The molecule has 0 radical (unpaired) electrons. The van der Waals surface area contributed by atoms with Crippen LogP contribution in [0.25, 0.3) is 0 Å². The molecule has 1 aliphatic heterocycles. The number of likely N-dealkylation sites (tertiary alicyclic amines) is 1. The second kappa shape index (κ2) is 8.02. The molecule has 1 aliphatic rings. The number of nitrogens with one attached hydrogen (secondary N) is 1. The molecular formula is C16H24N2O2. The van der Waals surface area contributed by atoms with Gasteiger partial charge in [-0.3, -0.25) is 9.69 Å². The molecule has 0 saturated carbocycles. The lowest BCUT2D eigenvalue weighted by molar-refractivity contribution is 0.0948. The van der Waals surface area contributed by atoms with Crippen molar-refractivity contribution in [2.45, 2.75) is 25.8 Å². The van der Waals surface area contributed by atoms with E-state index in [1.54, 1.807) is 7.11 Å². The summed E-state index contributed by atoms with van der Waals surface area (Å²) in [4.78, 5) is 14.4. The average Bonchev–Trinajstić information content (AvgIpc) is 2.97. The minimum Gasteiger partial charge on any atom is -0.385 e. The molecule has 0 atom stereocenters. The van der Waals surface area contributed by atoms with Crippen molar-refractivity contribution in [1.82, 2.24) is 10.2 Å². The van der Waals surface area contributed by atoms with Crippen molar-refractivity contribution in [2.24, 2.45) is 0 Å². The number of amides is 1. The third-order valence-electron chi connectivity index (χ3n) is 3.63. The van der Waals surface area contributed by atoms with Crippen molar-refractivity contribution in [3.63, 3.8) is 0 Å². The molecule has 0 spiro atoms. The number of methoxy groups -OCH3 is 1. The van der Waals surface area contributed by atoms with Crippen molar-refractivity contribution in [2.75, 3.05) is 33.4 Å². The topological polar surface area (TPSA) is 41.6 Å². The van der Waals surface area contributed by atoms with Gasteiger partial charge in [-0.2, -0.15) is 0 Å². The summed E-state index contributed by atoms with van der Waals surface area (Å²) >= 11 is 0. The number of hydrogen-bond acceptors (Lipinski definition) is 3. The Morgan fingerprint density at radius 2 is 1.95 bits per heavy atom. The van der Waals surface area contributed by atoms with Crippen LogP contribution in [0.2, 0.25) is 0 Å². The second-order valence-electron chi connectivity index (χ2n) is 5.28. The molecule has 0 unspecified atom stereocenters. The van der Waals surface area contributed by atoms with Gasteiger partial charge in [0.05, 0.1) is 0 Å². The van der Waals surface area contributed by atoms with E-state index in [4.69, 9.17) is 4.74 Å². The molecule has 0 bridgehead atoms. The highest BCUT2D eigenvalue weighted by Gasteiger charge is 2.12. The summed E-state index contributed by atoms with van der Waals surface area (Å²) in [6.45, 7) is 4.72. The Kier molecular flexibility index (Phi) is 6.02. The Morgan fingerprint density at radius 1 is 1.25 bits per heavy atom. The molecule has 1 aromatic rings. The maximum absolute atomic E-state index is 11.9. The number of nitrogens with zero attached hydrogens (tertiary/aromatic N) is 1. The first-order chi connectivity index (χ1) is 9.79. The summed E-state index contributed by atoms with van der Waals surface area (Å²) in [5.41, 5.74) is 2.01. The normalized spacial score (nSPS) is 15.4. The molecule has 1 N–H and O–H groups in total. The number of rotatable bonds is 7. The van der Waals surface area contributed by atoms with Crippen LogP contribution in [-0.2, 0) is 11.3 Å². The quantitative estimate of drug-likeness (QED) is 0.775. The van der Waals surface area contributed by atoms with E-state index in [9.17, 15) is 4.79 Å². The van der Waals surface area contributed by atoms with Crippen LogP contribution in [0.4, 0.5) is 0 Å². The number of benzene rings is 1. The largest absolute Gasteiger partial charge is 0.385 e. The third kappa shape index (κ3) is 4.62. The number of ether oxygens (including phenoxy) is 1. The first kappa shape index (κ1) is 15.0. The van der Waals surface area contributed by atoms with Crippen molar-refractivity contribution in [3.05, 3.63) is 35.4 Å². The van der Waals surface area contributed by atoms with E-state index in [0.717, 1.165) is 18.5 Å². The number of carbonyl (C=O) groups excluding carboxylic acids is 1. The van der Waals surface area contributed by atoms with Crippen LogP contribution in [0.5, 0.6) is 0 Å². The van der Waals surface area contributed by atoms with Crippen molar-refractivity contribution < 1.29 is 9.53 Å². The molecule has 20 heavy (non-hydrogen) atoms. The summed E-state index contributed by atoms with van der Waals surface area (Å²) in [5, 5.41) is 2.90. The maximum Gasteiger partial charge on any atom is 0.251 e. The molecule has 2 rings (SSSR count). The molecule has 4 nitrogen and oxygen atoms in total. The van der Waals surface area contributed by atoms with Gasteiger partial charge in [0.1, 0.15) is 0 Å². The minimum atomic E-state index is -0.00572. The molecule has 1 fully saturated rings. The standard InChI is InChI=1S/C16H24N2O2/c1-20-12-4-9-17-16(19)15-7-5-14(6-8-15)13-18-10-2-3-11-18/h5-8H,2-4,9-13H2,1H3,(H,17,19). The van der Waals surface area contributed by atoms with Gasteiger partial charge in [0.2, 0.25) is 0 Å². The molecule has 110 valence electrons. The Hall–Kier alpha value is -1.39. The van der Waals surface area contributed by atoms with Gasteiger partial charge in [0.25, 0.3) is 5.91 Å². The van der Waals surface area contributed by atoms with Crippen molar-refractivity contribution in [3.8, 4) is 0 Å². The SMILES string of the molecule is COCCCNC(=O)c1ccc(CN2CCCC2)cc1. The van der Waals surface area contributed by atoms with E-state index >= 15 is 0 Å². The van der Waals surface area contributed by atoms with Crippen LogP contribution < -0.4 is 5.32 Å². The zero-order valence-corrected chi connectivity index (χ0v) is 12.2. The van der Waals surface area contributed by atoms with E-state index in [-0.39, 0.29) is 5.91 Å². The van der Waals surface area contributed by atoms with Crippen LogP contribution in [0.15, 0.2) is 24.3 Å². The van der Waals surface area contributed by atoms with E-state index in [1.807, 2.05) is 12.1 Å². The van der Waals surface area contributed by atoms with E-state index in [1.165, 1.54) is 31.5 Å². The van der Waals surface area contributed by atoms with Crippen LogP contribution in [0.1, 0.15) is 35.2 Å². The molecule has 1 amide bonds. The lowest BCUT2D eigenvalue weighted by Gasteiger charge is -2.14. The smallest absolute Gasteiger partial charge is 0.251 e. The fourth-order valence-electron chi connectivity index (χ4n) is 2.48. The highest BCUT2D eigenvalue weighted by molar-refractivity contribution is 5.94. The zero-order valence-electron chi connectivity index (χ0n) is 12.2. The van der Waals surface area contributed by atoms with Crippen LogP contribution >= 0.6 is 0 Å². The van der Waals surface area contributed by atoms with Gasteiger partial charge in [-0.05, 0) is 50.0 Å². The van der Waals surface area contributed by atoms with Gasteiger partial charge in [-0.25, -0.2) is 0 Å². The Balaban J connectivity index is 1.79. The fourth-order valence-corrected chi connectivity index (χ4v) is 2.48. The lowest BCUT2D eigenvalue weighted by Crippen LogP contribution is -2.25. The van der Waals surface area contributed by atoms with Gasteiger partial charge in [-0.15, -0.1) is 0 Å². The van der Waals surface area contributed by atoms with Gasteiger partial charge < -0.3 is 10.1 Å². The van der Waals surface area contributed by atoms with Crippen LogP contribution in [-0.4, -0.2) is 44.2 Å². The van der Waals surface area contributed by atoms with Crippen molar-refractivity contribution >= 4 is 5.91 Å².